The topological polar surface area (TPSA) is 69.5 Å². The summed E-state index contributed by atoms with van der Waals surface area (Å²) in [5.41, 5.74) is 6.89. The summed E-state index contributed by atoms with van der Waals surface area (Å²) in [7, 11) is 0. The highest BCUT2D eigenvalue weighted by Crippen LogP contribution is 2.22. The minimum atomic E-state index is -0.387. The van der Waals surface area contributed by atoms with Crippen molar-refractivity contribution in [1.29, 1.82) is 0 Å². The first-order valence-electron chi connectivity index (χ1n) is 10.4. The molecule has 30 heavy (non-hydrogen) atoms. The number of amides is 1. The molecule has 0 aliphatic heterocycles. The third-order valence-electron chi connectivity index (χ3n) is 4.73. The Morgan fingerprint density at radius 3 is 2.47 bits per heavy atom. The molecule has 0 spiro atoms. The second kappa shape index (κ2) is 12.6. The van der Waals surface area contributed by atoms with Crippen LogP contribution in [0.2, 0.25) is 5.02 Å². The second-order valence-corrected chi connectivity index (χ2v) is 8.01. The van der Waals surface area contributed by atoms with E-state index in [1.807, 2.05) is 25.1 Å². The molecule has 1 aromatic heterocycles. The molecule has 2 rings (SSSR count). The molecule has 8 heteroatoms. The molecule has 0 fully saturated rings. The summed E-state index contributed by atoms with van der Waals surface area (Å²) in [6.45, 7) is 9.03. The van der Waals surface area contributed by atoms with Crippen LogP contribution in [0, 0.1) is 6.92 Å². The van der Waals surface area contributed by atoms with Gasteiger partial charge in [-0.2, -0.15) is 0 Å². The molecule has 1 heterocycles. The van der Waals surface area contributed by atoms with E-state index < -0.39 is 0 Å². The summed E-state index contributed by atoms with van der Waals surface area (Å²) >= 11 is 11.3. The normalized spacial score (nSPS) is 10.8. The number of thiocarbonyl (C=S) groups is 1. The van der Waals surface area contributed by atoms with Crippen molar-refractivity contribution in [2.75, 3.05) is 18.4 Å². The van der Waals surface area contributed by atoms with Gasteiger partial charge in [0.25, 0.3) is 0 Å². The summed E-state index contributed by atoms with van der Waals surface area (Å²) in [5, 5.41) is 3.91. The van der Waals surface area contributed by atoms with Crippen molar-refractivity contribution in [3.63, 3.8) is 0 Å². The van der Waals surface area contributed by atoms with Crippen LogP contribution in [0.15, 0.2) is 34.7 Å². The van der Waals surface area contributed by atoms with Crippen molar-refractivity contribution < 1.29 is 9.21 Å². The fourth-order valence-corrected chi connectivity index (χ4v) is 3.25. The Hall–Kier alpha value is -2.09. The van der Waals surface area contributed by atoms with Gasteiger partial charge < -0.3 is 9.73 Å². The third kappa shape index (κ3) is 7.63. The number of unbranched alkanes of at least 4 members (excludes halogenated alkanes) is 2. The van der Waals surface area contributed by atoms with Crippen LogP contribution in [0.4, 0.5) is 5.69 Å². The Bertz CT molecular complexity index is 832. The number of benzene rings is 1. The van der Waals surface area contributed by atoms with Crippen LogP contribution in [0.3, 0.4) is 0 Å². The number of nitrogens with zero attached hydrogens (tertiary/aromatic N) is 1. The highest BCUT2D eigenvalue weighted by atomic mass is 35.5. The number of carbonyl (C=O) groups excluding carboxylic acids is 1. The van der Waals surface area contributed by atoms with Crippen LogP contribution < -0.4 is 16.2 Å². The lowest BCUT2D eigenvalue weighted by atomic mass is 10.2. The number of nitrogens with one attached hydrogen (secondary N) is 3. The maximum Gasteiger partial charge on any atom is 0.305 e. The molecular weight excluding hydrogens is 420 g/mol. The van der Waals surface area contributed by atoms with Crippen LogP contribution in [0.5, 0.6) is 0 Å². The lowest BCUT2D eigenvalue weighted by molar-refractivity contribution is 0.0912. The highest BCUT2D eigenvalue weighted by Gasteiger charge is 2.14. The lowest BCUT2D eigenvalue weighted by Crippen LogP contribution is -2.43. The fraction of sp³-hybridized carbons (Fsp3) is 0.455. The second-order valence-electron chi connectivity index (χ2n) is 7.19. The predicted octanol–water partition coefficient (Wildman–Crippen LogP) is 5.28. The van der Waals surface area contributed by atoms with Crippen molar-refractivity contribution in [2.45, 2.75) is 53.0 Å². The fourth-order valence-electron chi connectivity index (χ4n) is 2.91. The van der Waals surface area contributed by atoms with E-state index >= 15 is 0 Å². The lowest BCUT2D eigenvalue weighted by Gasteiger charge is -2.20. The molecule has 1 amide bonds. The molecule has 0 saturated carbocycles. The molecule has 0 aliphatic rings. The van der Waals surface area contributed by atoms with E-state index in [1.54, 1.807) is 12.1 Å². The Kier molecular flexibility index (Phi) is 10.1. The van der Waals surface area contributed by atoms with Gasteiger partial charge in [-0.1, -0.05) is 44.4 Å². The molecule has 6 nitrogen and oxygen atoms in total. The molecule has 0 saturated heterocycles. The van der Waals surface area contributed by atoms with Gasteiger partial charge in [-0.05, 0) is 74.9 Å². The minimum Gasteiger partial charge on any atom is -0.454 e. The van der Waals surface area contributed by atoms with Crippen LogP contribution in [0.1, 0.15) is 61.4 Å². The van der Waals surface area contributed by atoms with Gasteiger partial charge in [-0.3, -0.25) is 20.5 Å². The van der Waals surface area contributed by atoms with Crippen molar-refractivity contribution in [3.8, 4) is 0 Å². The van der Waals surface area contributed by atoms with Crippen LogP contribution in [0.25, 0.3) is 0 Å². The molecule has 0 aliphatic carbocycles. The predicted molar refractivity (Wildman–Crippen MR) is 127 cm³/mol. The number of carbonyl (C=O) groups is 1. The summed E-state index contributed by atoms with van der Waals surface area (Å²) < 4.78 is 5.75. The van der Waals surface area contributed by atoms with Gasteiger partial charge in [-0.15, -0.1) is 0 Å². The number of rotatable bonds is 10. The Morgan fingerprint density at radius 1 is 1.10 bits per heavy atom. The van der Waals surface area contributed by atoms with Crippen molar-refractivity contribution in [1.82, 2.24) is 15.8 Å². The summed E-state index contributed by atoms with van der Waals surface area (Å²) in [4.78, 5) is 14.7. The van der Waals surface area contributed by atoms with Gasteiger partial charge in [0.05, 0.1) is 6.54 Å². The average Bonchev–Trinajstić information content (AvgIpc) is 3.20. The van der Waals surface area contributed by atoms with E-state index in [4.69, 9.17) is 28.2 Å². The van der Waals surface area contributed by atoms with Gasteiger partial charge in [-0.25, -0.2) is 0 Å². The molecule has 0 atom stereocenters. The summed E-state index contributed by atoms with van der Waals surface area (Å²) in [5.74, 6) is 0.634. The minimum absolute atomic E-state index is 0.241. The molecule has 0 unspecified atom stereocenters. The molecule has 0 radical (unpaired) electrons. The molecular formula is C22H31ClN4O2S. The van der Waals surface area contributed by atoms with Gasteiger partial charge >= 0.3 is 5.91 Å². The Labute approximate surface area is 189 Å². The number of hydrogen-bond donors (Lipinski definition) is 3. The van der Waals surface area contributed by atoms with Crippen LogP contribution in [-0.4, -0.2) is 29.0 Å². The van der Waals surface area contributed by atoms with Gasteiger partial charge in [0.2, 0.25) is 0 Å². The van der Waals surface area contributed by atoms with Gasteiger partial charge in [0.15, 0.2) is 10.9 Å². The molecule has 2 aromatic rings. The number of hydrogen-bond acceptors (Lipinski definition) is 4. The van der Waals surface area contributed by atoms with Gasteiger partial charge in [0, 0.05) is 10.7 Å². The summed E-state index contributed by atoms with van der Waals surface area (Å²) in [6, 6.07) is 9.03. The van der Waals surface area contributed by atoms with Crippen LogP contribution in [-0.2, 0) is 6.54 Å². The standard InChI is InChI=1S/C22H31ClN4O2S/c1-4-6-13-27(14-7-5-2)15-17-11-12-20(29-17)21(28)25-26-22(30)24-19-10-8-9-18(23)16(19)3/h8-12H,4-7,13-15H2,1-3H3,(H,25,28)(H2,24,26,30). The monoisotopic (exact) mass is 450 g/mol. The van der Waals surface area contributed by atoms with E-state index in [0.29, 0.717) is 11.6 Å². The first-order valence-corrected chi connectivity index (χ1v) is 11.2. The highest BCUT2D eigenvalue weighted by molar-refractivity contribution is 7.80. The van der Waals surface area contributed by atoms with E-state index in [-0.39, 0.29) is 16.8 Å². The zero-order chi connectivity index (χ0) is 21.9. The van der Waals surface area contributed by atoms with Crippen molar-refractivity contribution in [2.24, 2.45) is 0 Å². The first-order chi connectivity index (χ1) is 14.4. The SMILES string of the molecule is CCCCN(CCCC)Cc1ccc(C(=O)NNC(=S)Nc2cccc(Cl)c2C)o1. The smallest absolute Gasteiger partial charge is 0.305 e. The van der Waals surface area contributed by atoms with E-state index in [0.717, 1.165) is 55.8 Å². The number of furan rings is 1. The zero-order valence-electron chi connectivity index (χ0n) is 17.9. The number of halogens is 1. The van der Waals surface area contributed by atoms with E-state index in [2.05, 4.69) is 34.9 Å². The molecule has 0 bridgehead atoms. The molecule has 164 valence electrons. The maximum absolute atomic E-state index is 12.4. The van der Waals surface area contributed by atoms with E-state index in [1.165, 1.54) is 0 Å². The largest absolute Gasteiger partial charge is 0.454 e. The molecule has 3 N–H and O–H groups in total. The van der Waals surface area contributed by atoms with E-state index in [9.17, 15) is 4.79 Å². The summed E-state index contributed by atoms with van der Waals surface area (Å²) in [6.07, 6.45) is 4.61. The van der Waals surface area contributed by atoms with Crippen molar-refractivity contribution >= 4 is 40.5 Å². The van der Waals surface area contributed by atoms with Crippen LogP contribution >= 0.6 is 23.8 Å². The Balaban J connectivity index is 1.86. The third-order valence-corrected chi connectivity index (χ3v) is 5.34. The average molecular weight is 451 g/mol. The number of hydrazine groups is 1. The quantitative estimate of drug-likeness (QED) is 0.338. The molecule has 1 aromatic carbocycles. The Morgan fingerprint density at radius 2 is 1.80 bits per heavy atom. The first kappa shape index (κ1) is 24.2. The number of anilines is 1. The van der Waals surface area contributed by atoms with Gasteiger partial charge in [0.1, 0.15) is 5.76 Å². The maximum atomic E-state index is 12.4. The zero-order valence-corrected chi connectivity index (χ0v) is 19.5. The van der Waals surface area contributed by atoms with Crippen molar-refractivity contribution in [3.05, 3.63) is 52.4 Å².